The maximum absolute atomic E-state index is 11.8. The number of carbonyl (C=O) groups is 1. The first-order chi connectivity index (χ1) is 11.3. The van der Waals surface area contributed by atoms with Gasteiger partial charge in [-0.3, -0.25) is 10.1 Å². The average molecular weight is 341 g/mol. The molecule has 4 nitrogen and oxygen atoms in total. The molecule has 5 heteroatoms. The van der Waals surface area contributed by atoms with Crippen molar-refractivity contribution >= 4 is 40.6 Å². The third kappa shape index (κ3) is 2.96. The van der Waals surface area contributed by atoms with Gasteiger partial charge in [-0.05, 0) is 68.8 Å². The molecule has 3 rings (SSSR count). The summed E-state index contributed by atoms with van der Waals surface area (Å²) in [6, 6.07) is 6.35. The standard InChI is InChI=1S/C19H23N3OS/c1-5-8-22-16-7-6-13(10-15-17(23)21-18(24)20-15)9-14(16)12(2)11-19(22,3)4/h6-7,9-11H,5,8H2,1-4H3,(H2,20,21,23,24)/b15-10-. The summed E-state index contributed by atoms with van der Waals surface area (Å²) >= 11 is 4.98. The molecule has 1 saturated heterocycles. The molecule has 2 heterocycles. The van der Waals surface area contributed by atoms with Crippen LogP contribution in [-0.4, -0.2) is 23.1 Å². The minimum Gasteiger partial charge on any atom is -0.362 e. The summed E-state index contributed by atoms with van der Waals surface area (Å²) in [5.41, 5.74) is 5.22. The van der Waals surface area contributed by atoms with Crippen LogP contribution in [0.2, 0.25) is 0 Å². The van der Waals surface area contributed by atoms with Crippen molar-refractivity contribution in [1.29, 1.82) is 0 Å². The zero-order valence-electron chi connectivity index (χ0n) is 14.6. The molecule has 2 aliphatic heterocycles. The number of rotatable bonds is 3. The first kappa shape index (κ1) is 16.7. The second-order valence-corrected chi connectivity index (χ2v) is 7.28. The van der Waals surface area contributed by atoms with Gasteiger partial charge in [-0.15, -0.1) is 0 Å². The van der Waals surface area contributed by atoms with Crippen molar-refractivity contribution in [3.8, 4) is 0 Å². The third-order valence-corrected chi connectivity index (χ3v) is 4.68. The second-order valence-electron chi connectivity index (χ2n) is 6.88. The van der Waals surface area contributed by atoms with Crippen molar-refractivity contribution in [2.75, 3.05) is 11.4 Å². The monoisotopic (exact) mass is 341 g/mol. The Balaban J connectivity index is 2.02. The van der Waals surface area contributed by atoms with Crippen LogP contribution in [0.3, 0.4) is 0 Å². The Bertz CT molecular complexity index is 777. The predicted octanol–water partition coefficient (Wildman–Crippen LogP) is 3.44. The van der Waals surface area contributed by atoms with Gasteiger partial charge in [0.2, 0.25) is 0 Å². The van der Waals surface area contributed by atoms with E-state index >= 15 is 0 Å². The van der Waals surface area contributed by atoms with Crippen LogP contribution in [0.1, 0.15) is 45.2 Å². The zero-order valence-corrected chi connectivity index (χ0v) is 15.4. The number of benzene rings is 1. The molecule has 2 aliphatic rings. The van der Waals surface area contributed by atoms with Gasteiger partial charge in [-0.1, -0.05) is 19.1 Å². The molecule has 0 unspecified atom stereocenters. The van der Waals surface area contributed by atoms with Crippen LogP contribution in [0.5, 0.6) is 0 Å². The van der Waals surface area contributed by atoms with Crippen molar-refractivity contribution < 1.29 is 4.79 Å². The summed E-state index contributed by atoms with van der Waals surface area (Å²) < 4.78 is 0. The van der Waals surface area contributed by atoms with E-state index in [1.54, 1.807) is 0 Å². The lowest BCUT2D eigenvalue weighted by molar-refractivity contribution is -0.115. The predicted molar refractivity (Wildman–Crippen MR) is 104 cm³/mol. The minimum absolute atomic E-state index is 0.00611. The Morgan fingerprint density at radius 2 is 2.04 bits per heavy atom. The Hall–Kier alpha value is -2.14. The van der Waals surface area contributed by atoms with Crippen LogP contribution >= 0.6 is 12.2 Å². The van der Waals surface area contributed by atoms with Gasteiger partial charge in [0, 0.05) is 17.8 Å². The van der Waals surface area contributed by atoms with E-state index in [0.29, 0.717) is 10.8 Å². The van der Waals surface area contributed by atoms with Gasteiger partial charge in [0.05, 0.1) is 5.54 Å². The molecule has 1 aromatic carbocycles. The molecular formula is C19H23N3OS. The van der Waals surface area contributed by atoms with E-state index in [-0.39, 0.29) is 11.4 Å². The number of hydrogen-bond acceptors (Lipinski definition) is 3. The Kier molecular flexibility index (Phi) is 4.22. The lowest BCUT2D eigenvalue weighted by Crippen LogP contribution is -2.45. The highest BCUT2D eigenvalue weighted by Gasteiger charge is 2.30. The van der Waals surface area contributed by atoms with E-state index in [0.717, 1.165) is 18.5 Å². The van der Waals surface area contributed by atoms with Crippen molar-refractivity contribution in [1.82, 2.24) is 10.6 Å². The number of amides is 1. The molecule has 1 aromatic rings. The Morgan fingerprint density at radius 3 is 2.67 bits per heavy atom. The van der Waals surface area contributed by atoms with E-state index in [4.69, 9.17) is 12.2 Å². The molecule has 126 valence electrons. The number of nitrogens with one attached hydrogen (secondary N) is 2. The smallest absolute Gasteiger partial charge is 0.273 e. The highest BCUT2D eigenvalue weighted by atomic mass is 32.1. The normalized spacial score (nSPS) is 20.6. The summed E-state index contributed by atoms with van der Waals surface area (Å²) in [6.45, 7) is 9.86. The van der Waals surface area contributed by atoms with Gasteiger partial charge in [-0.2, -0.15) is 0 Å². The highest BCUT2D eigenvalue weighted by molar-refractivity contribution is 7.80. The Morgan fingerprint density at radius 1 is 1.29 bits per heavy atom. The van der Waals surface area contributed by atoms with Crippen molar-refractivity contribution in [2.24, 2.45) is 0 Å². The van der Waals surface area contributed by atoms with E-state index in [9.17, 15) is 4.79 Å². The summed E-state index contributed by atoms with van der Waals surface area (Å²) in [5.74, 6) is -0.182. The average Bonchev–Trinajstić information content (AvgIpc) is 2.81. The van der Waals surface area contributed by atoms with E-state index < -0.39 is 0 Å². The number of thiocarbonyl (C=S) groups is 1. The number of anilines is 1. The molecule has 1 fully saturated rings. The zero-order chi connectivity index (χ0) is 17.5. The number of hydrogen-bond donors (Lipinski definition) is 2. The maximum atomic E-state index is 11.8. The molecule has 2 N–H and O–H groups in total. The summed E-state index contributed by atoms with van der Waals surface area (Å²) in [5, 5.41) is 5.84. The number of fused-ring (bicyclic) bond motifs is 1. The third-order valence-electron chi connectivity index (χ3n) is 4.48. The number of carbonyl (C=O) groups excluding carboxylic acids is 1. The molecule has 0 bridgehead atoms. The van der Waals surface area contributed by atoms with Crippen LogP contribution in [0.4, 0.5) is 5.69 Å². The van der Waals surface area contributed by atoms with Crippen molar-refractivity contribution in [3.63, 3.8) is 0 Å². The number of allylic oxidation sites excluding steroid dienone is 1. The van der Waals surface area contributed by atoms with E-state index in [1.807, 2.05) is 6.08 Å². The quantitative estimate of drug-likeness (QED) is 0.653. The summed E-state index contributed by atoms with van der Waals surface area (Å²) in [4.78, 5) is 14.3. The van der Waals surface area contributed by atoms with Gasteiger partial charge >= 0.3 is 0 Å². The van der Waals surface area contributed by atoms with Crippen LogP contribution < -0.4 is 15.5 Å². The van der Waals surface area contributed by atoms with Gasteiger partial charge in [-0.25, -0.2) is 0 Å². The van der Waals surface area contributed by atoms with Gasteiger partial charge in [0.25, 0.3) is 5.91 Å². The molecule has 0 aliphatic carbocycles. The van der Waals surface area contributed by atoms with E-state index in [1.165, 1.54) is 16.8 Å². The molecule has 24 heavy (non-hydrogen) atoms. The molecule has 0 radical (unpaired) electrons. The molecule has 0 atom stereocenters. The van der Waals surface area contributed by atoms with E-state index in [2.05, 4.69) is 67.5 Å². The van der Waals surface area contributed by atoms with Crippen molar-refractivity contribution in [2.45, 2.75) is 39.7 Å². The summed E-state index contributed by atoms with van der Waals surface area (Å²) in [6.07, 6.45) is 5.26. The first-order valence-electron chi connectivity index (χ1n) is 8.27. The molecule has 0 spiro atoms. The first-order valence-corrected chi connectivity index (χ1v) is 8.68. The fraction of sp³-hybridized carbons (Fsp3) is 0.368. The van der Waals surface area contributed by atoms with Crippen LogP contribution in [-0.2, 0) is 4.79 Å². The SMILES string of the molecule is CCCN1c2ccc(/C=C3\NC(=S)NC3=O)cc2C(C)=CC1(C)C. The van der Waals surface area contributed by atoms with Crippen LogP contribution in [0.15, 0.2) is 30.0 Å². The molecular weight excluding hydrogens is 318 g/mol. The van der Waals surface area contributed by atoms with Gasteiger partial charge in [0.15, 0.2) is 5.11 Å². The highest BCUT2D eigenvalue weighted by Crippen LogP contribution is 2.39. The molecule has 0 aromatic heterocycles. The summed E-state index contributed by atoms with van der Waals surface area (Å²) in [7, 11) is 0. The lowest BCUT2D eigenvalue weighted by atomic mass is 9.87. The molecule has 1 amide bonds. The lowest BCUT2D eigenvalue weighted by Gasteiger charge is -2.43. The van der Waals surface area contributed by atoms with Gasteiger partial charge < -0.3 is 10.2 Å². The van der Waals surface area contributed by atoms with Crippen LogP contribution in [0, 0.1) is 0 Å². The topological polar surface area (TPSA) is 44.4 Å². The minimum atomic E-state index is -0.182. The van der Waals surface area contributed by atoms with Crippen molar-refractivity contribution in [3.05, 3.63) is 41.1 Å². The fourth-order valence-electron chi connectivity index (χ4n) is 3.47. The Labute approximate surface area is 148 Å². The molecule has 0 saturated carbocycles. The maximum Gasteiger partial charge on any atom is 0.273 e. The van der Waals surface area contributed by atoms with Crippen LogP contribution in [0.25, 0.3) is 11.6 Å². The number of nitrogens with zero attached hydrogens (tertiary/aromatic N) is 1. The fourth-order valence-corrected chi connectivity index (χ4v) is 3.67. The largest absolute Gasteiger partial charge is 0.362 e. The van der Waals surface area contributed by atoms with Gasteiger partial charge in [0.1, 0.15) is 5.70 Å². The second kappa shape index (κ2) is 6.06.